The van der Waals surface area contributed by atoms with Crippen molar-refractivity contribution in [2.75, 3.05) is 26.0 Å². The van der Waals surface area contributed by atoms with Crippen LogP contribution >= 0.6 is 0 Å². The van der Waals surface area contributed by atoms with Gasteiger partial charge in [0.1, 0.15) is 0 Å². The molecular formula is C13H23N3O3S. The highest BCUT2D eigenvalue weighted by molar-refractivity contribution is 7.89. The Morgan fingerprint density at radius 3 is 2.70 bits per heavy atom. The number of methoxy groups -OCH3 is 1. The lowest BCUT2D eigenvalue weighted by Gasteiger charge is -2.07. The lowest BCUT2D eigenvalue weighted by atomic mass is 10.3. The molecule has 6 nitrogen and oxygen atoms in total. The van der Waals surface area contributed by atoms with Crippen molar-refractivity contribution in [3.63, 3.8) is 0 Å². The predicted octanol–water partition coefficient (Wildman–Crippen LogP) is 0.899. The zero-order valence-electron chi connectivity index (χ0n) is 12.1. The monoisotopic (exact) mass is 301 g/mol. The molecule has 0 aliphatic rings. The first kappa shape index (κ1) is 16.9. The van der Waals surface area contributed by atoms with E-state index in [0.29, 0.717) is 12.3 Å². The van der Waals surface area contributed by atoms with Crippen LogP contribution in [0.2, 0.25) is 0 Å². The second-order valence-electron chi connectivity index (χ2n) is 4.41. The van der Waals surface area contributed by atoms with Crippen molar-refractivity contribution in [1.82, 2.24) is 15.0 Å². The third-order valence-electron chi connectivity index (χ3n) is 2.77. The van der Waals surface area contributed by atoms with E-state index >= 15 is 0 Å². The lowest BCUT2D eigenvalue weighted by Crippen LogP contribution is -2.26. The summed E-state index contributed by atoms with van der Waals surface area (Å²) in [6.07, 6.45) is 3.12. The van der Waals surface area contributed by atoms with Crippen molar-refractivity contribution < 1.29 is 13.2 Å². The summed E-state index contributed by atoms with van der Waals surface area (Å²) in [4.78, 5) is 4.03. The van der Waals surface area contributed by atoms with Crippen molar-refractivity contribution in [1.29, 1.82) is 0 Å². The number of pyridine rings is 1. The molecule has 0 unspecified atom stereocenters. The van der Waals surface area contributed by atoms with Crippen LogP contribution in [0.3, 0.4) is 0 Å². The summed E-state index contributed by atoms with van der Waals surface area (Å²) in [5.41, 5.74) is 0.807. The van der Waals surface area contributed by atoms with E-state index in [1.54, 1.807) is 18.3 Å². The van der Waals surface area contributed by atoms with Gasteiger partial charge in [-0.15, -0.1) is 0 Å². The van der Waals surface area contributed by atoms with Crippen LogP contribution in [0.25, 0.3) is 0 Å². The maximum atomic E-state index is 11.8. The molecule has 0 radical (unpaired) electrons. The molecule has 1 heterocycles. The van der Waals surface area contributed by atoms with Crippen LogP contribution in [0, 0.1) is 0 Å². The van der Waals surface area contributed by atoms with Gasteiger partial charge < -0.3 is 10.1 Å². The summed E-state index contributed by atoms with van der Waals surface area (Å²) >= 11 is 0. The fourth-order valence-corrected chi connectivity index (χ4v) is 2.74. The summed E-state index contributed by atoms with van der Waals surface area (Å²) in [5.74, 6) is 0.669. The van der Waals surface area contributed by atoms with Crippen LogP contribution in [0.4, 0.5) is 0 Å². The Bertz CT molecular complexity index is 474. The Balaban J connectivity index is 2.31. The summed E-state index contributed by atoms with van der Waals surface area (Å²) < 4.78 is 31.1. The number of rotatable bonds is 10. The first-order chi connectivity index (χ1) is 9.57. The maximum Gasteiger partial charge on any atom is 0.212 e. The van der Waals surface area contributed by atoms with Crippen molar-refractivity contribution in [3.8, 4) is 5.88 Å². The summed E-state index contributed by atoms with van der Waals surface area (Å²) in [7, 11) is -1.68. The Labute approximate surface area is 121 Å². The molecule has 114 valence electrons. The fraction of sp³-hybridized carbons (Fsp3) is 0.615. The number of nitrogens with one attached hydrogen (secondary N) is 2. The molecule has 1 rings (SSSR count). The third-order valence-corrected chi connectivity index (χ3v) is 4.18. The van der Waals surface area contributed by atoms with Crippen LogP contribution in [0.5, 0.6) is 5.88 Å². The molecule has 20 heavy (non-hydrogen) atoms. The topological polar surface area (TPSA) is 80.3 Å². The van der Waals surface area contributed by atoms with E-state index in [-0.39, 0.29) is 12.3 Å². The van der Waals surface area contributed by atoms with Gasteiger partial charge in [0.15, 0.2) is 0 Å². The number of hydrogen-bond donors (Lipinski definition) is 2. The summed E-state index contributed by atoms with van der Waals surface area (Å²) in [5, 5.41) is 3.17. The summed E-state index contributed by atoms with van der Waals surface area (Å²) in [6.45, 7) is 4.05. The smallest absolute Gasteiger partial charge is 0.212 e. The largest absolute Gasteiger partial charge is 0.481 e. The molecule has 0 saturated heterocycles. The highest BCUT2D eigenvalue weighted by Crippen LogP contribution is 2.06. The molecule has 0 atom stereocenters. The quantitative estimate of drug-likeness (QED) is 0.628. The first-order valence-electron chi connectivity index (χ1n) is 6.74. The number of hydrogen-bond acceptors (Lipinski definition) is 5. The molecule has 1 aromatic heterocycles. The van der Waals surface area contributed by atoms with Gasteiger partial charge in [0.2, 0.25) is 15.9 Å². The summed E-state index contributed by atoms with van der Waals surface area (Å²) in [6, 6.07) is 3.50. The van der Waals surface area contributed by atoms with Gasteiger partial charge in [0.25, 0.3) is 0 Å². The van der Waals surface area contributed by atoms with Crippen molar-refractivity contribution in [2.45, 2.75) is 26.3 Å². The molecule has 2 N–H and O–H groups in total. The van der Waals surface area contributed by atoms with E-state index in [1.807, 2.05) is 6.92 Å². The Kier molecular flexibility index (Phi) is 7.50. The lowest BCUT2D eigenvalue weighted by molar-refractivity contribution is 0.397. The van der Waals surface area contributed by atoms with Gasteiger partial charge >= 0.3 is 0 Å². The van der Waals surface area contributed by atoms with Gasteiger partial charge in [-0.3, -0.25) is 0 Å². The first-order valence-corrected chi connectivity index (χ1v) is 8.39. The number of unbranched alkanes of at least 4 members (excludes halogenated alkanes) is 1. The van der Waals surface area contributed by atoms with Crippen molar-refractivity contribution in [2.24, 2.45) is 0 Å². The molecule has 0 amide bonds. The van der Waals surface area contributed by atoms with Crippen LogP contribution in [0.1, 0.15) is 25.3 Å². The minimum atomic E-state index is -3.22. The predicted molar refractivity (Wildman–Crippen MR) is 79.2 cm³/mol. The molecular weight excluding hydrogens is 278 g/mol. The molecule has 0 spiro atoms. The highest BCUT2D eigenvalue weighted by atomic mass is 32.2. The van der Waals surface area contributed by atoms with E-state index in [2.05, 4.69) is 15.0 Å². The zero-order chi connectivity index (χ0) is 14.8. The minimum absolute atomic E-state index is 0.155. The second-order valence-corrected chi connectivity index (χ2v) is 6.34. The highest BCUT2D eigenvalue weighted by Gasteiger charge is 2.09. The standard InChI is InChI=1S/C13H23N3O3S/c1-3-14-8-4-5-9-20(17,18)16-11-12-6-7-13(19-2)15-10-12/h6-7,10,14,16H,3-5,8-9,11H2,1-2H3. The van der Waals surface area contributed by atoms with E-state index in [0.717, 1.165) is 25.1 Å². The van der Waals surface area contributed by atoms with Gasteiger partial charge in [0.05, 0.1) is 12.9 Å². The molecule has 0 aliphatic carbocycles. The average Bonchev–Trinajstić information content (AvgIpc) is 2.45. The second kappa shape index (κ2) is 8.89. The van der Waals surface area contributed by atoms with Gasteiger partial charge in [-0.25, -0.2) is 18.1 Å². The molecule has 0 saturated carbocycles. The maximum absolute atomic E-state index is 11.8. The average molecular weight is 301 g/mol. The van der Waals surface area contributed by atoms with Crippen LogP contribution in [0.15, 0.2) is 18.3 Å². The molecule has 0 fully saturated rings. The number of sulfonamides is 1. The van der Waals surface area contributed by atoms with E-state index in [1.165, 1.54) is 7.11 Å². The Morgan fingerprint density at radius 1 is 1.30 bits per heavy atom. The van der Waals surface area contributed by atoms with Crippen molar-refractivity contribution >= 4 is 10.0 Å². The minimum Gasteiger partial charge on any atom is -0.481 e. The Hall–Kier alpha value is -1.18. The molecule has 7 heteroatoms. The molecule has 0 aromatic carbocycles. The molecule has 0 aliphatic heterocycles. The number of aromatic nitrogens is 1. The van der Waals surface area contributed by atoms with Crippen LogP contribution < -0.4 is 14.8 Å². The van der Waals surface area contributed by atoms with Gasteiger partial charge in [0, 0.05) is 18.8 Å². The molecule has 0 bridgehead atoms. The number of ether oxygens (including phenoxy) is 1. The SMILES string of the molecule is CCNCCCCS(=O)(=O)NCc1ccc(OC)nc1. The van der Waals surface area contributed by atoms with E-state index in [4.69, 9.17) is 4.74 Å². The number of nitrogens with zero attached hydrogens (tertiary/aromatic N) is 1. The van der Waals surface area contributed by atoms with E-state index in [9.17, 15) is 8.42 Å². The fourth-order valence-electron chi connectivity index (χ4n) is 1.62. The zero-order valence-corrected chi connectivity index (χ0v) is 12.9. The Morgan fingerprint density at radius 2 is 2.10 bits per heavy atom. The van der Waals surface area contributed by atoms with Gasteiger partial charge in [-0.05, 0) is 31.5 Å². The normalized spacial score (nSPS) is 11.5. The van der Waals surface area contributed by atoms with Crippen LogP contribution in [-0.2, 0) is 16.6 Å². The third kappa shape index (κ3) is 6.83. The van der Waals surface area contributed by atoms with Crippen LogP contribution in [-0.4, -0.2) is 39.4 Å². The van der Waals surface area contributed by atoms with Gasteiger partial charge in [-0.1, -0.05) is 13.0 Å². The van der Waals surface area contributed by atoms with Gasteiger partial charge in [-0.2, -0.15) is 0 Å². The molecule has 1 aromatic rings. The van der Waals surface area contributed by atoms with E-state index < -0.39 is 10.0 Å². The van der Waals surface area contributed by atoms with Crippen molar-refractivity contribution in [3.05, 3.63) is 23.9 Å².